The fourth-order valence-electron chi connectivity index (χ4n) is 4.35. The number of ether oxygens (including phenoxy) is 1. The van der Waals surface area contributed by atoms with Gasteiger partial charge in [-0.1, -0.05) is 0 Å². The van der Waals surface area contributed by atoms with E-state index in [1.807, 2.05) is 32.9 Å². The molecular formula is C24H27FN10O2. The lowest BCUT2D eigenvalue weighted by atomic mass is 9.68. The second-order valence-electron chi connectivity index (χ2n) is 9.22. The van der Waals surface area contributed by atoms with Crippen molar-refractivity contribution in [3.8, 4) is 5.82 Å². The summed E-state index contributed by atoms with van der Waals surface area (Å²) in [4.78, 5) is 30.9. The summed E-state index contributed by atoms with van der Waals surface area (Å²) >= 11 is 0. The van der Waals surface area contributed by atoms with Crippen LogP contribution in [0.3, 0.4) is 0 Å². The Balaban J connectivity index is 1.23. The van der Waals surface area contributed by atoms with E-state index >= 15 is 0 Å². The number of halogens is 1. The van der Waals surface area contributed by atoms with Gasteiger partial charge in [0.25, 0.3) is 5.91 Å². The van der Waals surface area contributed by atoms with Crippen LogP contribution in [0.1, 0.15) is 54.5 Å². The molecule has 1 atom stereocenters. The van der Waals surface area contributed by atoms with Gasteiger partial charge in [-0.15, -0.1) is 0 Å². The largest absolute Gasteiger partial charge is 0.368 e. The fourth-order valence-corrected chi connectivity index (χ4v) is 4.35. The standard InChI is InChI=1S/C24H27FN10O2/c1-13-5-18(31-23(29-13)32-20-6-14(2)33-34-20)16-7-24(8-16,37-4)22(36)30-15(3)19-10-27-21(11-26-19)35-12-17(25)9-28-35/h5-6,9-12,15-16H,7-8H2,1-4H3,(H,30,36)(H2,29,31,32,33,34)/t15-,16-,24+/m0/s1. The van der Waals surface area contributed by atoms with Crippen molar-refractivity contribution in [2.24, 2.45) is 0 Å². The molecule has 1 aliphatic rings. The number of H-pyrrole nitrogens is 1. The summed E-state index contributed by atoms with van der Waals surface area (Å²) in [5, 5.41) is 17.0. The Morgan fingerprint density at radius 1 is 1.22 bits per heavy atom. The smallest absolute Gasteiger partial charge is 0.252 e. The van der Waals surface area contributed by atoms with E-state index in [0.717, 1.165) is 23.3 Å². The highest BCUT2D eigenvalue weighted by Crippen LogP contribution is 2.47. The van der Waals surface area contributed by atoms with E-state index in [-0.39, 0.29) is 11.8 Å². The van der Waals surface area contributed by atoms with Gasteiger partial charge in [0.05, 0.1) is 36.5 Å². The van der Waals surface area contributed by atoms with Crippen LogP contribution in [0.25, 0.3) is 5.82 Å². The Kier molecular flexibility index (Phi) is 6.38. The van der Waals surface area contributed by atoms with Crippen LogP contribution >= 0.6 is 0 Å². The third kappa shape index (κ3) is 5.03. The topological polar surface area (TPSA) is 148 Å². The van der Waals surface area contributed by atoms with Crippen molar-refractivity contribution in [1.82, 2.24) is 45.2 Å². The molecule has 13 heteroatoms. The highest BCUT2D eigenvalue weighted by atomic mass is 19.1. The lowest BCUT2D eigenvalue weighted by molar-refractivity contribution is -0.158. The predicted octanol–water partition coefficient (Wildman–Crippen LogP) is 2.81. The van der Waals surface area contributed by atoms with E-state index < -0.39 is 17.5 Å². The molecule has 4 heterocycles. The van der Waals surface area contributed by atoms with E-state index in [1.54, 1.807) is 0 Å². The number of aromatic amines is 1. The Hall–Kier alpha value is -4.26. The van der Waals surface area contributed by atoms with Gasteiger partial charge in [-0.3, -0.25) is 14.9 Å². The number of aromatic nitrogens is 8. The third-order valence-electron chi connectivity index (χ3n) is 6.43. The quantitative estimate of drug-likeness (QED) is 0.328. The number of hydrogen-bond donors (Lipinski definition) is 3. The van der Waals surface area contributed by atoms with Crippen LogP contribution < -0.4 is 10.6 Å². The first-order valence-electron chi connectivity index (χ1n) is 11.8. The molecule has 5 rings (SSSR count). The molecule has 0 saturated heterocycles. The van der Waals surface area contributed by atoms with Crippen molar-refractivity contribution in [3.05, 3.63) is 65.5 Å². The minimum Gasteiger partial charge on any atom is -0.368 e. The number of aryl methyl sites for hydroxylation is 2. The number of hydrogen-bond acceptors (Lipinski definition) is 9. The molecule has 1 fully saturated rings. The molecule has 0 aromatic carbocycles. The van der Waals surface area contributed by atoms with Gasteiger partial charge in [-0.2, -0.15) is 10.2 Å². The number of methoxy groups -OCH3 is 1. The van der Waals surface area contributed by atoms with Gasteiger partial charge >= 0.3 is 0 Å². The molecule has 1 saturated carbocycles. The highest BCUT2D eigenvalue weighted by molar-refractivity contribution is 5.87. The third-order valence-corrected chi connectivity index (χ3v) is 6.43. The maximum Gasteiger partial charge on any atom is 0.252 e. The maximum atomic E-state index is 13.2. The van der Waals surface area contributed by atoms with Gasteiger partial charge in [0.2, 0.25) is 5.95 Å². The number of amides is 1. The van der Waals surface area contributed by atoms with E-state index in [4.69, 9.17) is 4.74 Å². The van der Waals surface area contributed by atoms with Gasteiger partial charge < -0.3 is 15.4 Å². The van der Waals surface area contributed by atoms with Gasteiger partial charge in [0.1, 0.15) is 5.60 Å². The number of carbonyl (C=O) groups is 1. The first kappa shape index (κ1) is 24.4. The Morgan fingerprint density at radius 3 is 2.65 bits per heavy atom. The van der Waals surface area contributed by atoms with E-state index in [9.17, 15) is 9.18 Å². The van der Waals surface area contributed by atoms with Crippen LogP contribution in [-0.4, -0.2) is 58.5 Å². The summed E-state index contributed by atoms with van der Waals surface area (Å²) in [5.41, 5.74) is 2.17. The average Bonchev–Trinajstić information content (AvgIpc) is 3.46. The summed E-state index contributed by atoms with van der Waals surface area (Å²) in [6.07, 6.45) is 6.27. The zero-order valence-electron chi connectivity index (χ0n) is 20.9. The van der Waals surface area contributed by atoms with E-state index in [0.29, 0.717) is 36.1 Å². The molecule has 12 nitrogen and oxygen atoms in total. The van der Waals surface area contributed by atoms with Gasteiger partial charge in [0, 0.05) is 36.2 Å². The van der Waals surface area contributed by atoms with Crippen molar-refractivity contribution < 1.29 is 13.9 Å². The minimum atomic E-state index is -0.968. The van der Waals surface area contributed by atoms with Crippen LogP contribution in [0, 0.1) is 19.7 Å². The molecule has 4 aromatic heterocycles. The van der Waals surface area contributed by atoms with Crippen LogP contribution in [0.4, 0.5) is 16.2 Å². The van der Waals surface area contributed by atoms with E-state index in [2.05, 4.69) is 45.9 Å². The Labute approximate surface area is 212 Å². The fraction of sp³-hybridized carbons (Fsp3) is 0.375. The van der Waals surface area contributed by atoms with Crippen LogP contribution in [0.2, 0.25) is 0 Å². The summed E-state index contributed by atoms with van der Waals surface area (Å²) in [7, 11) is 1.54. The molecule has 0 spiro atoms. The molecule has 0 bridgehead atoms. The molecular weight excluding hydrogens is 479 g/mol. The van der Waals surface area contributed by atoms with Gasteiger partial charge in [0.15, 0.2) is 17.5 Å². The molecule has 1 aliphatic carbocycles. The molecule has 3 N–H and O–H groups in total. The predicted molar refractivity (Wildman–Crippen MR) is 131 cm³/mol. The lowest BCUT2D eigenvalue weighted by Crippen LogP contribution is -2.56. The zero-order chi connectivity index (χ0) is 26.2. The summed E-state index contributed by atoms with van der Waals surface area (Å²) in [5.74, 6) is 0.808. The van der Waals surface area contributed by atoms with Crippen molar-refractivity contribution in [2.75, 3.05) is 12.4 Å². The molecule has 1 amide bonds. The Morgan fingerprint density at radius 2 is 2.03 bits per heavy atom. The first-order chi connectivity index (χ1) is 17.7. The summed E-state index contributed by atoms with van der Waals surface area (Å²) in [6.45, 7) is 5.63. The highest BCUT2D eigenvalue weighted by Gasteiger charge is 2.52. The summed E-state index contributed by atoms with van der Waals surface area (Å²) in [6, 6.07) is 3.38. The van der Waals surface area contributed by atoms with Crippen LogP contribution in [-0.2, 0) is 9.53 Å². The molecule has 0 aliphatic heterocycles. The first-order valence-corrected chi connectivity index (χ1v) is 11.8. The Bertz CT molecular complexity index is 1410. The van der Waals surface area contributed by atoms with Crippen molar-refractivity contribution >= 4 is 17.7 Å². The van der Waals surface area contributed by atoms with Gasteiger partial charge in [-0.05, 0) is 39.7 Å². The maximum absolute atomic E-state index is 13.2. The molecule has 0 radical (unpaired) electrons. The van der Waals surface area contributed by atoms with Crippen molar-refractivity contribution in [2.45, 2.75) is 51.2 Å². The number of nitrogens with one attached hydrogen (secondary N) is 3. The molecule has 0 unspecified atom stereocenters. The van der Waals surface area contributed by atoms with Crippen molar-refractivity contribution in [3.63, 3.8) is 0 Å². The zero-order valence-corrected chi connectivity index (χ0v) is 20.9. The SMILES string of the molecule is CO[C@]1(C(=O)N[C@@H](C)c2cnc(-n3cc(F)cn3)cn2)C[C@H](c2cc(C)nc(Nc3cc(C)[nH]n3)n2)C1. The number of carbonyl (C=O) groups excluding carboxylic acids is 1. The molecule has 37 heavy (non-hydrogen) atoms. The normalized spacial score (nSPS) is 19.8. The number of nitrogens with zero attached hydrogens (tertiary/aromatic N) is 7. The van der Waals surface area contributed by atoms with E-state index in [1.165, 1.54) is 30.4 Å². The number of anilines is 2. The summed E-state index contributed by atoms with van der Waals surface area (Å²) < 4.78 is 20.2. The van der Waals surface area contributed by atoms with Crippen molar-refractivity contribution in [1.29, 1.82) is 0 Å². The monoisotopic (exact) mass is 506 g/mol. The lowest BCUT2D eigenvalue weighted by Gasteiger charge is -2.45. The van der Waals surface area contributed by atoms with Crippen LogP contribution in [0.5, 0.6) is 0 Å². The average molecular weight is 507 g/mol. The van der Waals surface area contributed by atoms with Gasteiger partial charge in [-0.25, -0.2) is 24.0 Å². The minimum absolute atomic E-state index is 0.0396. The molecule has 4 aromatic rings. The second-order valence-corrected chi connectivity index (χ2v) is 9.22. The molecule has 192 valence electrons. The van der Waals surface area contributed by atoms with Crippen LogP contribution in [0.15, 0.2) is 36.9 Å². The number of rotatable bonds is 8. The second kappa shape index (κ2) is 9.65.